The van der Waals surface area contributed by atoms with Gasteiger partial charge in [-0.05, 0) is 81.1 Å². The Balaban J connectivity index is 1.55. The Morgan fingerprint density at radius 2 is 1.77 bits per heavy atom. The van der Waals surface area contributed by atoms with E-state index in [2.05, 4.69) is 40.3 Å². The molecule has 0 bridgehead atoms. The number of likely N-dealkylation sites (tertiary alicyclic amines) is 1. The van der Waals surface area contributed by atoms with Gasteiger partial charge in [0, 0.05) is 11.4 Å². The van der Waals surface area contributed by atoms with Crippen molar-refractivity contribution in [1.29, 1.82) is 0 Å². The summed E-state index contributed by atoms with van der Waals surface area (Å²) in [7, 11) is 0. The highest BCUT2D eigenvalue weighted by atomic mass is 32.2. The number of carbonyl (C=O) groups is 1. The number of para-hydroxylation sites is 1. The van der Waals surface area contributed by atoms with Crippen LogP contribution in [-0.4, -0.2) is 43.9 Å². The summed E-state index contributed by atoms with van der Waals surface area (Å²) in [6.45, 7) is 8.93. The highest BCUT2D eigenvalue weighted by Gasteiger charge is 2.23. The van der Waals surface area contributed by atoms with Crippen LogP contribution in [0, 0.1) is 5.82 Å². The van der Waals surface area contributed by atoms with Crippen molar-refractivity contribution in [2.75, 3.05) is 18.4 Å². The molecule has 0 saturated carbocycles. The average molecular weight is 496 g/mol. The highest BCUT2D eigenvalue weighted by Crippen LogP contribution is 2.30. The summed E-state index contributed by atoms with van der Waals surface area (Å²) in [5.41, 5.74) is 2.78. The van der Waals surface area contributed by atoms with Crippen LogP contribution in [0.15, 0.2) is 53.7 Å². The van der Waals surface area contributed by atoms with Gasteiger partial charge in [0.1, 0.15) is 5.82 Å². The number of anilines is 1. The van der Waals surface area contributed by atoms with Crippen LogP contribution in [0.4, 0.5) is 10.1 Å². The van der Waals surface area contributed by atoms with Crippen LogP contribution in [0.2, 0.25) is 0 Å². The van der Waals surface area contributed by atoms with Crippen LogP contribution in [0.1, 0.15) is 63.8 Å². The van der Waals surface area contributed by atoms with Crippen molar-refractivity contribution in [3.05, 3.63) is 65.7 Å². The van der Waals surface area contributed by atoms with Crippen molar-refractivity contribution < 1.29 is 9.18 Å². The predicted octanol–water partition coefficient (Wildman–Crippen LogP) is 6.03. The molecule has 2 unspecified atom stereocenters. The van der Waals surface area contributed by atoms with Gasteiger partial charge in [-0.3, -0.25) is 14.3 Å². The molecule has 2 aromatic carbocycles. The van der Waals surface area contributed by atoms with Gasteiger partial charge in [0.05, 0.1) is 11.8 Å². The van der Waals surface area contributed by atoms with E-state index in [1.165, 1.54) is 43.2 Å². The fourth-order valence-electron chi connectivity index (χ4n) is 4.35. The molecule has 0 spiro atoms. The molecule has 4 rings (SSSR count). The van der Waals surface area contributed by atoms with E-state index in [0.29, 0.717) is 17.6 Å². The second-order valence-corrected chi connectivity index (χ2v) is 10.5. The van der Waals surface area contributed by atoms with Gasteiger partial charge in [-0.1, -0.05) is 50.2 Å². The summed E-state index contributed by atoms with van der Waals surface area (Å²) in [6.07, 6.45) is 4.62. The second-order valence-electron chi connectivity index (χ2n) is 9.19. The largest absolute Gasteiger partial charge is 0.325 e. The summed E-state index contributed by atoms with van der Waals surface area (Å²) >= 11 is 1.36. The third-order valence-electron chi connectivity index (χ3n) is 6.61. The average Bonchev–Trinajstić information content (AvgIpc) is 3.26. The lowest BCUT2D eigenvalue weighted by Gasteiger charge is -2.26. The Bertz CT molecular complexity index is 1130. The minimum Gasteiger partial charge on any atom is -0.325 e. The van der Waals surface area contributed by atoms with E-state index in [1.807, 2.05) is 29.7 Å². The zero-order valence-corrected chi connectivity index (χ0v) is 21.5. The molecule has 35 heavy (non-hydrogen) atoms. The zero-order chi connectivity index (χ0) is 24.8. The third-order valence-corrected chi connectivity index (χ3v) is 7.65. The Kier molecular flexibility index (Phi) is 8.57. The van der Waals surface area contributed by atoms with Gasteiger partial charge in [-0.2, -0.15) is 0 Å². The molecule has 0 aliphatic carbocycles. The van der Waals surface area contributed by atoms with Crippen molar-refractivity contribution in [3.63, 3.8) is 0 Å². The molecule has 8 heteroatoms. The quantitative estimate of drug-likeness (QED) is 0.368. The third kappa shape index (κ3) is 6.30. The van der Waals surface area contributed by atoms with Crippen molar-refractivity contribution >= 4 is 23.4 Å². The summed E-state index contributed by atoms with van der Waals surface area (Å²) in [6, 6.07) is 14.3. The molecule has 2 atom stereocenters. The molecule has 2 heterocycles. The smallest absolute Gasteiger partial charge is 0.237 e. The molecular formula is C27H34FN5OS. The fourth-order valence-corrected chi connectivity index (χ4v) is 5.24. The zero-order valence-electron chi connectivity index (χ0n) is 20.7. The first-order chi connectivity index (χ1) is 17.0. The first-order valence-corrected chi connectivity index (χ1v) is 13.3. The number of halogens is 1. The van der Waals surface area contributed by atoms with E-state index < -0.39 is 5.25 Å². The number of benzene rings is 2. The number of thioether (sulfide) groups is 1. The van der Waals surface area contributed by atoms with E-state index in [9.17, 15) is 9.18 Å². The van der Waals surface area contributed by atoms with Crippen LogP contribution >= 0.6 is 11.8 Å². The van der Waals surface area contributed by atoms with Crippen molar-refractivity contribution in [3.8, 4) is 5.69 Å². The van der Waals surface area contributed by atoms with Gasteiger partial charge >= 0.3 is 0 Å². The second kappa shape index (κ2) is 11.8. The van der Waals surface area contributed by atoms with Crippen LogP contribution in [0.25, 0.3) is 5.69 Å². The van der Waals surface area contributed by atoms with Crippen molar-refractivity contribution in [2.45, 2.75) is 69.3 Å². The number of rotatable bonds is 9. The molecule has 1 aliphatic rings. The Morgan fingerprint density at radius 1 is 1.06 bits per heavy atom. The summed E-state index contributed by atoms with van der Waals surface area (Å²) < 4.78 is 15.6. The SMILES string of the molecule is CCC(C)c1ccccc1NC(=O)C(C)Sc1nnc(CN2CCCCC2)n1-c1ccc(F)cc1. The number of hydrogen-bond acceptors (Lipinski definition) is 5. The molecule has 1 aliphatic heterocycles. The van der Waals surface area contributed by atoms with Gasteiger partial charge in [-0.25, -0.2) is 4.39 Å². The van der Waals surface area contributed by atoms with Gasteiger partial charge in [0.15, 0.2) is 11.0 Å². The molecule has 1 amide bonds. The van der Waals surface area contributed by atoms with E-state index in [4.69, 9.17) is 0 Å². The number of amides is 1. The van der Waals surface area contributed by atoms with E-state index >= 15 is 0 Å². The van der Waals surface area contributed by atoms with Crippen LogP contribution < -0.4 is 5.32 Å². The Hall–Kier alpha value is -2.71. The summed E-state index contributed by atoms with van der Waals surface area (Å²) in [4.78, 5) is 15.5. The van der Waals surface area contributed by atoms with Crippen molar-refractivity contribution in [1.82, 2.24) is 19.7 Å². The number of aromatic nitrogens is 3. The maximum Gasteiger partial charge on any atom is 0.237 e. The maximum atomic E-state index is 13.6. The van der Waals surface area contributed by atoms with Crippen LogP contribution in [-0.2, 0) is 11.3 Å². The molecule has 6 nitrogen and oxygen atoms in total. The van der Waals surface area contributed by atoms with E-state index in [-0.39, 0.29) is 11.7 Å². The summed E-state index contributed by atoms with van der Waals surface area (Å²) in [5.74, 6) is 0.780. The van der Waals surface area contributed by atoms with E-state index in [0.717, 1.165) is 42.3 Å². The molecule has 186 valence electrons. The van der Waals surface area contributed by atoms with Gasteiger partial charge in [-0.15, -0.1) is 10.2 Å². The standard InChI is InChI=1S/C27H34FN5OS/c1-4-19(2)23-10-6-7-11-24(23)29-26(34)20(3)35-27-31-30-25(18-32-16-8-5-9-17-32)33(27)22-14-12-21(28)13-15-22/h6-7,10-15,19-20H,4-5,8-9,16-18H2,1-3H3,(H,29,34). The van der Waals surface area contributed by atoms with Gasteiger partial charge in [0.2, 0.25) is 5.91 Å². The first kappa shape index (κ1) is 25.4. The monoisotopic (exact) mass is 495 g/mol. The topological polar surface area (TPSA) is 63.1 Å². The number of piperidine rings is 1. The molecule has 1 N–H and O–H groups in total. The Morgan fingerprint density at radius 3 is 2.49 bits per heavy atom. The number of nitrogens with zero attached hydrogens (tertiary/aromatic N) is 4. The molecule has 0 radical (unpaired) electrons. The highest BCUT2D eigenvalue weighted by molar-refractivity contribution is 8.00. The number of carbonyl (C=O) groups excluding carboxylic acids is 1. The lowest BCUT2D eigenvalue weighted by molar-refractivity contribution is -0.115. The number of nitrogens with one attached hydrogen (secondary N) is 1. The lowest BCUT2D eigenvalue weighted by Crippen LogP contribution is -2.30. The Labute approximate surface area is 211 Å². The maximum absolute atomic E-state index is 13.6. The first-order valence-electron chi connectivity index (χ1n) is 12.4. The predicted molar refractivity (Wildman–Crippen MR) is 140 cm³/mol. The van der Waals surface area contributed by atoms with Crippen LogP contribution in [0.3, 0.4) is 0 Å². The molecule has 1 aromatic heterocycles. The fraction of sp³-hybridized carbons (Fsp3) is 0.444. The molecule has 1 saturated heterocycles. The van der Waals surface area contributed by atoms with E-state index in [1.54, 1.807) is 12.1 Å². The van der Waals surface area contributed by atoms with Crippen LogP contribution in [0.5, 0.6) is 0 Å². The molecule has 3 aromatic rings. The van der Waals surface area contributed by atoms with Gasteiger partial charge in [0.25, 0.3) is 0 Å². The summed E-state index contributed by atoms with van der Waals surface area (Å²) in [5, 5.41) is 12.3. The normalized spacial score (nSPS) is 16.1. The minimum absolute atomic E-state index is 0.0861. The molecule has 1 fully saturated rings. The van der Waals surface area contributed by atoms with Crippen molar-refractivity contribution in [2.24, 2.45) is 0 Å². The van der Waals surface area contributed by atoms with Gasteiger partial charge < -0.3 is 5.32 Å². The number of hydrogen-bond donors (Lipinski definition) is 1. The minimum atomic E-state index is -0.397. The lowest BCUT2D eigenvalue weighted by atomic mass is 9.97. The molecular weight excluding hydrogens is 461 g/mol.